The van der Waals surface area contributed by atoms with Gasteiger partial charge in [0, 0.05) is 43.7 Å². The molecule has 1 fully saturated rings. The van der Waals surface area contributed by atoms with Crippen molar-refractivity contribution in [2.75, 3.05) is 33.2 Å². The van der Waals surface area contributed by atoms with E-state index >= 15 is 0 Å². The quantitative estimate of drug-likeness (QED) is 0.621. The number of likely N-dealkylation sites (N-methyl/N-ethyl adjacent to an activating group) is 1. The number of thiazole rings is 1. The maximum absolute atomic E-state index is 4.39. The number of nitrogens with one attached hydrogen (secondary N) is 2. The fraction of sp³-hybridized carbons (Fsp3) is 0.750. The van der Waals surface area contributed by atoms with Crippen LogP contribution in [0.3, 0.4) is 0 Å². The van der Waals surface area contributed by atoms with Crippen molar-refractivity contribution in [3.05, 3.63) is 16.1 Å². The number of guanidine groups is 1. The number of aliphatic imine (C=N–C) groups is 1. The summed E-state index contributed by atoms with van der Waals surface area (Å²) in [5.74, 6) is 0.898. The van der Waals surface area contributed by atoms with Gasteiger partial charge in [-0.05, 0) is 32.9 Å². The fourth-order valence-corrected chi connectivity index (χ4v) is 3.73. The Morgan fingerprint density at radius 1 is 1.45 bits per heavy atom. The smallest absolute Gasteiger partial charge is 0.191 e. The van der Waals surface area contributed by atoms with Gasteiger partial charge in [0.25, 0.3) is 0 Å². The van der Waals surface area contributed by atoms with Crippen LogP contribution in [-0.4, -0.2) is 55.1 Å². The van der Waals surface area contributed by atoms with Crippen LogP contribution >= 0.6 is 11.3 Å². The first kappa shape index (κ1) is 17.2. The van der Waals surface area contributed by atoms with E-state index in [2.05, 4.69) is 39.4 Å². The number of hydrogen-bond acceptors (Lipinski definition) is 4. The van der Waals surface area contributed by atoms with E-state index in [1.54, 1.807) is 11.3 Å². The van der Waals surface area contributed by atoms with E-state index in [1.165, 1.54) is 35.7 Å². The van der Waals surface area contributed by atoms with Crippen molar-refractivity contribution in [3.63, 3.8) is 0 Å². The maximum Gasteiger partial charge on any atom is 0.191 e. The Morgan fingerprint density at radius 2 is 2.32 bits per heavy atom. The number of aryl methyl sites for hydroxylation is 1. The third kappa shape index (κ3) is 5.25. The van der Waals surface area contributed by atoms with Crippen molar-refractivity contribution in [3.8, 4) is 0 Å². The highest BCUT2D eigenvalue weighted by molar-refractivity contribution is 7.11. The predicted molar refractivity (Wildman–Crippen MR) is 94.8 cm³/mol. The molecular weight excluding hydrogens is 294 g/mol. The number of nitrogens with zero attached hydrogens (tertiary/aromatic N) is 3. The van der Waals surface area contributed by atoms with Crippen LogP contribution in [0.1, 0.15) is 36.1 Å². The molecule has 0 amide bonds. The Morgan fingerprint density at radius 3 is 3.00 bits per heavy atom. The fourth-order valence-electron chi connectivity index (χ4n) is 2.95. The third-order valence-electron chi connectivity index (χ3n) is 4.18. The summed E-state index contributed by atoms with van der Waals surface area (Å²) in [5.41, 5.74) is 0. The van der Waals surface area contributed by atoms with Crippen LogP contribution in [0.5, 0.6) is 0 Å². The number of hydrogen-bond donors (Lipinski definition) is 2. The molecule has 0 radical (unpaired) electrons. The molecule has 1 aliphatic rings. The van der Waals surface area contributed by atoms with E-state index < -0.39 is 0 Å². The van der Waals surface area contributed by atoms with Gasteiger partial charge < -0.3 is 10.6 Å². The van der Waals surface area contributed by atoms with E-state index in [9.17, 15) is 0 Å². The van der Waals surface area contributed by atoms with Gasteiger partial charge in [-0.25, -0.2) is 4.98 Å². The number of piperidine rings is 1. The average Bonchev–Trinajstić information content (AvgIpc) is 2.96. The monoisotopic (exact) mass is 323 g/mol. The van der Waals surface area contributed by atoms with Gasteiger partial charge in [-0.3, -0.25) is 9.89 Å². The molecule has 1 aliphatic heterocycles. The second-order valence-electron chi connectivity index (χ2n) is 5.77. The van der Waals surface area contributed by atoms with E-state index in [-0.39, 0.29) is 0 Å². The molecule has 0 aliphatic carbocycles. The van der Waals surface area contributed by atoms with E-state index in [0.29, 0.717) is 6.04 Å². The summed E-state index contributed by atoms with van der Waals surface area (Å²) < 4.78 is 0. The summed E-state index contributed by atoms with van der Waals surface area (Å²) in [6.45, 7) is 8.57. The molecule has 1 aromatic heterocycles. The van der Waals surface area contributed by atoms with Gasteiger partial charge in [0.2, 0.25) is 0 Å². The minimum absolute atomic E-state index is 0.638. The minimum Gasteiger partial charge on any atom is -0.356 e. The van der Waals surface area contributed by atoms with Gasteiger partial charge in [0.15, 0.2) is 5.96 Å². The first-order chi connectivity index (χ1) is 10.7. The van der Waals surface area contributed by atoms with Crippen LogP contribution in [0.2, 0.25) is 0 Å². The zero-order chi connectivity index (χ0) is 15.8. The summed E-state index contributed by atoms with van der Waals surface area (Å²) in [6.07, 6.45) is 6.86. The first-order valence-corrected chi connectivity index (χ1v) is 9.14. The highest BCUT2D eigenvalue weighted by atomic mass is 32.1. The van der Waals surface area contributed by atoms with Gasteiger partial charge >= 0.3 is 0 Å². The van der Waals surface area contributed by atoms with Crippen LogP contribution in [0.15, 0.2) is 11.2 Å². The highest BCUT2D eigenvalue weighted by Crippen LogP contribution is 2.15. The molecule has 2 rings (SSSR count). The highest BCUT2D eigenvalue weighted by Gasteiger charge is 2.20. The van der Waals surface area contributed by atoms with Gasteiger partial charge in [0.05, 0.1) is 5.01 Å². The van der Waals surface area contributed by atoms with Crippen LogP contribution < -0.4 is 10.6 Å². The molecule has 1 saturated heterocycles. The summed E-state index contributed by atoms with van der Waals surface area (Å²) in [5, 5.41) is 8.05. The lowest BCUT2D eigenvalue weighted by Gasteiger charge is -2.35. The predicted octanol–water partition coefficient (Wildman–Crippen LogP) is 2.03. The Balaban J connectivity index is 1.70. The molecule has 0 aromatic carbocycles. The topological polar surface area (TPSA) is 52.5 Å². The maximum atomic E-state index is 4.39. The summed E-state index contributed by atoms with van der Waals surface area (Å²) in [7, 11) is 1.83. The van der Waals surface area contributed by atoms with Crippen molar-refractivity contribution >= 4 is 17.3 Å². The van der Waals surface area contributed by atoms with Crippen LogP contribution in [0.25, 0.3) is 0 Å². The molecular formula is C16H29N5S. The van der Waals surface area contributed by atoms with E-state index in [1.807, 2.05) is 13.2 Å². The van der Waals surface area contributed by atoms with Crippen molar-refractivity contribution in [1.29, 1.82) is 0 Å². The number of rotatable bonds is 6. The second kappa shape index (κ2) is 9.10. The first-order valence-electron chi connectivity index (χ1n) is 8.32. The van der Waals surface area contributed by atoms with Crippen molar-refractivity contribution in [2.45, 2.75) is 45.6 Å². The van der Waals surface area contributed by atoms with Crippen LogP contribution in [0.4, 0.5) is 0 Å². The second-order valence-corrected chi connectivity index (χ2v) is 7.09. The van der Waals surface area contributed by atoms with Gasteiger partial charge in [0.1, 0.15) is 0 Å². The lowest BCUT2D eigenvalue weighted by atomic mass is 10.0. The normalized spacial score (nSPS) is 20.1. The Hall–Kier alpha value is -1.14. The average molecular weight is 324 g/mol. The van der Waals surface area contributed by atoms with E-state index in [4.69, 9.17) is 0 Å². The lowest BCUT2D eigenvalue weighted by Crippen LogP contribution is -2.49. The Bertz CT molecular complexity index is 471. The molecule has 0 saturated carbocycles. The largest absolute Gasteiger partial charge is 0.356 e. The van der Waals surface area contributed by atoms with Crippen LogP contribution in [0, 0.1) is 6.92 Å². The van der Waals surface area contributed by atoms with Gasteiger partial charge in [-0.1, -0.05) is 13.3 Å². The molecule has 2 heterocycles. The molecule has 1 aromatic rings. The SMILES string of the molecule is CCN1CCCCC1CNC(=NC)NCCc1ncc(C)s1. The zero-order valence-electron chi connectivity index (χ0n) is 14.1. The summed E-state index contributed by atoms with van der Waals surface area (Å²) in [4.78, 5) is 12.6. The molecule has 5 nitrogen and oxygen atoms in total. The van der Waals surface area contributed by atoms with Crippen molar-refractivity contribution in [1.82, 2.24) is 20.5 Å². The molecule has 1 atom stereocenters. The zero-order valence-corrected chi connectivity index (χ0v) is 14.9. The van der Waals surface area contributed by atoms with Gasteiger partial charge in [-0.15, -0.1) is 11.3 Å². The number of aromatic nitrogens is 1. The Labute approximate surface area is 138 Å². The van der Waals surface area contributed by atoms with E-state index in [0.717, 1.165) is 32.0 Å². The minimum atomic E-state index is 0.638. The molecule has 6 heteroatoms. The third-order valence-corrected chi connectivity index (χ3v) is 5.16. The molecule has 124 valence electrons. The molecule has 0 bridgehead atoms. The summed E-state index contributed by atoms with van der Waals surface area (Å²) >= 11 is 1.77. The van der Waals surface area contributed by atoms with Crippen LogP contribution in [-0.2, 0) is 6.42 Å². The van der Waals surface area contributed by atoms with Gasteiger partial charge in [-0.2, -0.15) is 0 Å². The van der Waals surface area contributed by atoms with Crippen molar-refractivity contribution < 1.29 is 0 Å². The number of likely N-dealkylation sites (tertiary alicyclic amines) is 1. The standard InChI is InChI=1S/C16H29N5S/c1-4-21-10-6-5-7-14(21)12-20-16(17-3)18-9-8-15-19-11-13(2)22-15/h11,14H,4-10,12H2,1-3H3,(H2,17,18,20). The lowest BCUT2D eigenvalue weighted by molar-refractivity contribution is 0.157. The molecule has 22 heavy (non-hydrogen) atoms. The Kier molecular flexibility index (Phi) is 7.12. The summed E-state index contributed by atoms with van der Waals surface area (Å²) in [6, 6.07) is 0.638. The molecule has 1 unspecified atom stereocenters. The van der Waals surface area contributed by atoms with Crippen molar-refractivity contribution in [2.24, 2.45) is 4.99 Å². The molecule has 0 spiro atoms. The molecule has 2 N–H and O–H groups in total.